The molecule has 0 spiro atoms. The van der Waals surface area contributed by atoms with Crippen molar-refractivity contribution in [1.82, 2.24) is 4.98 Å². The molecule has 0 saturated carbocycles. The Balaban J connectivity index is 2.78. The van der Waals surface area contributed by atoms with E-state index in [1.165, 1.54) is 11.3 Å². The standard InChI is InChI=1S/C12H19NO2S/c1-5-12(15,6-2)10(14)7-11-13-8(3)9(4)16-11/h15H,5-7H2,1-4H3. The van der Waals surface area contributed by atoms with E-state index in [0.29, 0.717) is 12.8 Å². The highest BCUT2D eigenvalue weighted by molar-refractivity contribution is 7.11. The molecule has 0 radical (unpaired) electrons. The highest BCUT2D eigenvalue weighted by Gasteiger charge is 2.31. The van der Waals surface area contributed by atoms with Gasteiger partial charge >= 0.3 is 0 Å². The lowest BCUT2D eigenvalue weighted by Crippen LogP contribution is -2.38. The van der Waals surface area contributed by atoms with E-state index in [-0.39, 0.29) is 12.2 Å². The van der Waals surface area contributed by atoms with E-state index in [2.05, 4.69) is 4.98 Å². The van der Waals surface area contributed by atoms with Crippen molar-refractivity contribution in [2.24, 2.45) is 0 Å². The number of carbonyl (C=O) groups excluding carboxylic acids is 1. The minimum Gasteiger partial charge on any atom is -0.382 e. The SMILES string of the molecule is CCC(O)(CC)C(=O)Cc1nc(C)c(C)s1. The fourth-order valence-electron chi connectivity index (χ4n) is 1.56. The molecule has 1 heterocycles. The number of aromatic nitrogens is 1. The van der Waals surface area contributed by atoms with Gasteiger partial charge in [0.2, 0.25) is 0 Å². The van der Waals surface area contributed by atoms with Crippen molar-refractivity contribution >= 4 is 17.1 Å². The summed E-state index contributed by atoms with van der Waals surface area (Å²) in [5.74, 6) is -0.119. The van der Waals surface area contributed by atoms with Gasteiger partial charge in [0.25, 0.3) is 0 Å². The number of aryl methyl sites for hydroxylation is 2. The number of rotatable bonds is 5. The Bertz CT molecular complexity index is 361. The molecule has 0 bridgehead atoms. The maximum Gasteiger partial charge on any atom is 0.171 e. The van der Waals surface area contributed by atoms with Gasteiger partial charge < -0.3 is 5.11 Å². The molecule has 3 nitrogen and oxygen atoms in total. The molecule has 0 saturated heterocycles. The Morgan fingerprint density at radius 3 is 2.31 bits per heavy atom. The van der Waals surface area contributed by atoms with Crippen molar-refractivity contribution in [2.75, 3.05) is 0 Å². The molecule has 0 aromatic carbocycles. The Labute approximate surface area is 101 Å². The van der Waals surface area contributed by atoms with Crippen molar-refractivity contribution in [3.05, 3.63) is 15.6 Å². The summed E-state index contributed by atoms with van der Waals surface area (Å²) < 4.78 is 0. The average molecular weight is 241 g/mol. The van der Waals surface area contributed by atoms with Crippen LogP contribution in [-0.4, -0.2) is 21.5 Å². The molecule has 4 heteroatoms. The summed E-state index contributed by atoms with van der Waals surface area (Å²) in [6.45, 7) is 7.60. The molecule has 0 amide bonds. The van der Waals surface area contributed by atoms with Gasteiger partial charge in [0.15, 0.2) is 5.78 Å². The molecule has 0 aliphatic carbocycles. The van der Waals surface area contributed by atoms with Crippen LogP contribution in [0.1, 0.15) is 42.3 Å². The molecule has 1 N–H and O–H groups in total. The zero-order chi connectivity index (χ0) is 12.3. The molecule has 0 unspecified atom stereocenters. The van der Waals surface area contributed by atoms with E-state index < -0.39 is 5.60 Å². The molecule has 1 aromatic rings. The third kappa shape index (κ3) is 2.68. The van der Waals surface area contributed by atoms with Gasteiger partial charge in [-0.3, -0.25) is 4.79 Å². The molecule has 90 valence electrons. The molecular formula is C12H19NO2S. The van der Waals surface area contributed by atoms with Crippen LogP contribution in [-0.2, 0) is 11.2 Å². The second-order valence-electron chi connectivity index (χ2n) is 4.09. The fourth-order valence-corrected chi connectivity index (χ4v) is 2.49. The fraction of sp³-hybridized carbons (Fsp3) is 0.667. The third-order valence-corrected chi connectivity index (χ3v) is 4.15. The molecular weight excluding hydrogens is 222 g/mol. The van der Waals surface area contributed by atoms with Crippen LogP contribution in [0, 0.1) is 13.8 Å². The second kappa shape index (κ2) is 5.06. The average Bonchev–Trinajstić information content (AvgIpc) is 2.56. The predicted molar refractivity (Wildman–Crippen MR) is 65.8 cm³/mol. The third-order valence-electron chi connectivity index (χ3n) is 3.07. The molecule has 1 rings (SSSR count). The van der Waals surface area contributed by atoms with Gasteiger partial charge in [0, 0.05) is 4.88 Å². The van der Waals surface area contributed by atoms with Crippen LogP contribution in [0.25, 0.3) is 0 Å². The normalized spacial score (nSPS) is 11.8. The Hall–Kier alpha value is -0.740. The number of carbonyl (C=O) groups is 1. The van der Waals surface area contributed by atoms with Gasteiger partial charge in [-0.1, -0.05) is 13.8 Å². The monoisotopic (exact) mass is 241 g/mol. The van der Waals surface area contributed by atoms with E-state index in [0.717, 1.165) is 15.6 Å². The highest BCUT2D eigenvalue weighted by Crippen LogP contribution is 2.22. The van der Waals surface area contributed by atoms with Crippen molar-refractivity contribution in [1.29, 1.82) is 0 Å². The number of nitrogens with zero attached hydrogens (tertiary/aromatic N) is 1. The number of thiazole rings is 1. The number of aliphatic hydroxyl groups is 1. The topological polar surface area (TPSA) is 50.2 Å². The highest BCUT2D eigenvalue weighted by atomic mass is 32.1. The number of ketones is 1. The summed E-state index contributed by atoms with van der Waals surface area (Å²) in [6.07, 6.45) is 1.18. The summed E-state index contributed by atoms with van der Waals surface area (Å²) in [5.41, 5.74) is -0.197. The van der Waals surface area contributed by atoms with Crippen LogP contribution in [0.2, 0.25) is 0 Å². The molecule has 0 atom stereocenters. The predicted octanol–water partition coefficient (Wildman–Crippen LogP) is 2.42. The van der Waals surface area contributed by atoms with Gasteiger partial charge in [0.1, 0.15) is 10.6 Å². The number of hydrogen-bond donors (Lipinski definition) is 1. The van der Waals surface area contributed by atoms with Crippen molar-refractivity contribution < 1.29 is 9.90 Å². The smallest absolute Gasteiger partial charge is 0.171 e. The summed E-state index contributed by atoms with van der Waals surface area (Å²) in [6, 6.07) is 0. The summed E-state index contributed by atoms with van der Waals surface area (Å²) in [5, 5.41) is 10.9. The number of Topliss-reactive ketones (excluding diaryl/α,β-unsaturated/α-hetero) is 1. The zero-order valence-electron chi connectivity index (χ0n) is 10.3. The van der Waals surface area contributed by atoms with Crippen LogP contribution < -0.4 is 0 Å². The van der Waals surface area contributed by atoms with E-state index in [1.54, 1.807) is 0 Å². The molecule has 16 heavy (non-hydrogen) atoms. The second-order valence-corrected chi connectivity index (χ2v) is 5.38. The Morgan fingerprint density at radius 2 is 1.94 bits per heavy atom. The summed E-state index contributed by atoms with van der Waals surface area (Å²) >= 11 is 1.54. The van der Waals surface area contributed by atoms with Crippen LogP contribution in [0.4, 0.5) is 0 Å². The van der Waals surface area contributed by atoms with Gasteiger partial charge in [0.05, 0.1) is 12.1 Å². The Kier molecular flexibility index (Phi) is 4.21. The lowest BCUT2D eigenvalue weighted by Gasteiger charge is -2.22. The molecule has 0 fully saturated rings. The van der Waals surface area contributed by atoms with E-state index in [9.17, 15) is 9.90 Å². The quantitative estimate of drug-likeness (QED) is 0.861. The minimum absolute atomic E-state index is 0.119. The Morgan fingerprint density at radius 1 is 1.38 bits per heavy atom. The molecule has 0 aliphatic heterocycles. The van der Waals surface area contributed by atoms with E-state index in [4.69, 9.17) is 0 Å². The van der Waals surface area contributed by atoms with Crippen LogP contribution in [0.5, 0.6) is 0 Å². The van der Waals surface area contributed by atoms with E-state index in [1.807, 2.05) is 27.7 Å². The van der Waals surface area contributed by atoms with E-state index >= 15 is 0 Å². The van der Waals surface area contributed by atoms with Gasteiger partial charge in [-0.05, 0) is 26.7 Å². The first-order chi connectivity index (χ1) is 7.42. The summed E-state index contributed by atoms with van der Waals surface area (Å²) in [4.78, 5) is 17.4. The first-order valence-electron chi connectivity index (χ1n) is 5.61. The van der Waals surface area contributed by atoms with Gasteiger partial charge in [-0.25, -0.2) is 4.98 Å². The maximum absolute atomic E-state index is 11.9. The number of hydrogen-bond acceptors (Lipinski definition) is 4. The summed E-state index contributed by atoms with van der Waals surface area (Å²) in [7, 11) is 0. The molecule has 1 aromatic heterocycles. The largest absolute Gasteiger partial charge is 0.382 e. The molecule has 0 aliphatic rings. The van der Waals surface area contributed by atoms with Crippen LogP contribution in [0.3, 0.4) is 0 Å². The first-order valence-corrected chi connectivity index (χ1v) is 6.43. The zero-order valence-corrected chi connectivity index (χ0v) is 11.1. The lowest BCUT2D eigenvalue weighted by atomic mass is 9.90. The van der Waals surface area contributed by atoms with Crippen LogP contribution in [0.15, 0.2) is 0 Å². The lowest BCUT2D eigenvalue weighted by molar-refractivity contribution is -0.137. The van der Waals surface area contributed by atoms with Crippen molar-refractivity contribution in [2.45, 2.75) is 52.6 Å². The van der Waals surface area contributed by atoms with Gasteiger partial charge in [-0.2, -0.15) is 0 Å². The maximum atomic E-state index is 11.9. The van der Waals surface area contributed by atoms with Crippen molar-refractivity contribution in [3.63, 3.8) is 0 Å². The first kappa shape index (κ1) is 13.3. The van der Waals surface area contributed by atoms with Crippen molar-refractivity contribution in [3.8, 4) is 0 Å². The van der Waals surface area contributed by atoms with Crippen LogP contribution >= 0.6 is 11.3 Å². The minimum atomic E-state index is -1.17. The van der Waals surface area contributed by atoms with Gasteiger partial charge in [-0.15, -0.1) is 11.3 Å².